The van der Waals surface area contributed by atoms with Gasteiger partial charge in [0.05, 0.1) is 11.8 Å². The fraction of sp³-hybridized carbons (Fsp3) is 1.00. The van der Waals surface area contributed by atoms with Gasteiger partial charge in [-0.2, -0.15) is 17.5 Å². The van der Waals surface area contributed by atoms with Crippen LogP contribution in [0.2, 0.25) is 0 Å². The molecule has 2 aliphatic rings. The lowest BCUT2D eigenvalue weighted by Gasteiger charge is -2.35. The Bertz CT molecular complexity index is 399. The quantitative estimate of drug-likeness (QED) is 0.788. The van der Waals surface area contributed by atoms with E-state index in [0.717, 1.165) is 0 Å². The Morgan fingerprint density at radius 3 is 2.26 bits per heavy atom. The lowest BCUT2D eigenvalue weighted by atomic mass is 10.3. The molecule has 0 aromatic rings. The predicted molar refractivity (Wildman–Crippen MR) is 64.3 cm³/mol. The number of piperazine rings is 1. The molecule has 112 valence electrons. The van der Waals surface area contributed by atoms with Gasteiger partial charge in [0.2, 0.25) is 10.0 Å². The lowest BCUT2D eigenvalue weighted by Crippen LogP contribution is -2.53. The molecule has 0 amide bonds. The van der Waals surface area contributed by atoms with Crippen LogP contribution in [0.25, 0.3) is 0 Å². The van der Waals surface area contributed by atoms with Crippen LogP contribution in [0, 0.1) is 0 Å². The molecule has 1 unspecified atom stereocenters. The molecule has 2 rings (SSSR count). The van der Waals surface area contributed by atoms with Crippen molar-refractivity contribution in [3.63, 3.8) is 0 Å². The Balaban J connectivity index is 1.89. The lowest BCUT2D eigenvalue weighted by molar-refractivity contribution is -0.148. The van der Waals surface area contributed by atoms with Gasteiger partial charge >= 0.3 is 6.18 Å². The van der Waals surface area contributed by atoms with Crippen molar-refractivity contribution in [3.8, 4) is 0 Å². The van der Waals surface area contributed by atoms with Crippen LogP contribution in [0.5, 0.6) is 0 Å². The second-order valence-electron chi connectivity index (χ2n) is 4.95. The molecule has 1 atom stereocenters. The van der Waals surface area contributed by atoms with E-state index in [1.54, 1.807) is 0 Å². The van der Waals surface area contributed by atoms with Crippen LogP contribution in [0.15, 0.2) is 0 Å². The number of rotatable bonds is 3. The standard InChI is InChI=1S/C10H18F3N3O2S/c11-10(12,13)8-15-3-5-16(6-4-15)19(17,18)9-1-2-14-7-9/h9,14H,1-8H2. The maximum absolute atomic E-state index is 12.2. The highest BCUT2D eigenvalue weighted by Gasteiger charge is 2.38. The Morgan fingerprint density at radius 1 is 1.16 bits per heavy atom. The molecule has 0 bridgehead atoms. The minimum Gasteiger partial charge on any atom is -0.315 e. The van der Waals surface area contributed by atoms with Crippen molar-refractivity contribution in [2.75, 3.05) is 45.8 Å². The highest BCUT2D eigenvalue weighted by atomic mass is 32.2. The fourth-order valence-electron chi connectivity index (χ4n) is 2.49. The van der Waals surface area contributed by atoms with Crippen LogP contribution in [0.4, 0.5) is 13.2 Å². The molecular weight excluding hydrogens is 283 g/mol. The summed E-state index contributed by atoms with van der Waals surface area (Å²) in [6.07, 6.45) is -3.65. The van der Waals surface area contributed by atoms with Crippen LogP contribution >= 0.6 is 0 Å². The summed E-state index contributed by atoms with van der Waals surface area (Å²) in [5.74, 6) is 0. The average molecular weight is 301 g/mol. The molecule has 0 saturated carbocycles. The predicted octanol–water partition coefficient (Wildman–Crippen LogP) is -0.142. The molecule has 2 fully saturated rings. The molecule has 2 heterocycles. The van der Waals surface area contributed by atoms with Gasteiger partial charge in [-0.15, -0.1) is 0 Å². The molecule has 2 aliphatic heterocycles. The van der Waals surface area contributed by atoms with Crippen molar-refractivity contribution in [3.05, 3.63) is 0 Å². The topological polar surface area (TPSA) is 52.7 Å². The summed E-state index contributed by atoms with van der Waals surface area (Å²) >= 11 is 0. The molecule has 2 saturated heterocycles. The van der Waals surface area contributed by atoms with Crippen LogP contribution in [-0.4, -0.2) is 74.9 Å². The van der Waals surface area contributed by atoms with E-state index in [9.17, 15) is 21.6 Å². The van der Waals surface area contributed by atoms with Gasteiger partial charge < -0.3 is 5.32 Å². The first-order chi connectivity index (χ1) is 8.79. The minimum absolute atomic E-state index is 0.138. The van der Waals surface area contributed by atoms with E-state index in [1.165, 1.54) is 9.21 Å². The first kappa shape index (κ1) is 15.0. The Hall–Kier alpha value is -0.380. The zero-order valence-electron chi connectivity index (χ0n) is 10.5. The third kappa shape index (κ3) is 3.80. The van der Waals surface area contributed by atoms with Crippen molar-refractivity contribution in [2.24, 2.45) is 0 Å². The summed E-state index contributed by atoms with van der Waals surface area (Å²) in [5.41, 5.74) is 0. The van der Waals surface area contributed by atoms with Crippen LogP contribution in [0.1, 0.15) is 6.42 Å². The monoisotopic (exact) mass is 301 g/mol. The van der Waals surface area contributed by atoms with Crippen molar-refractivity contribution in [2.45, 2.75) is 17.8 Å². The average Bonchev–Trinajstić information content (AvgIpc) is 2.81. The summed E-state index contributed by atoms with van der Waals surface area (Å²) in [4.78, 5) is 1.25. The SMILES string of the molecule is O=S(=O)(C1CCNC1)N1CCN(CC(F)(F)F)CC1. The van der Waals surface area contributed by atoms with Gasteiger partial charge in [0.25, 0.3) is 0 Å². The van der Waals surface area contributed by atoms with Gasteiger partial charge in [-0.25, -0.2) is 8.42 Å². The van der Waals surface area contributed by atoms with E-state index in [2.05, 4.69) is 5.32 Å². The molecule has 0 aromatic carbocycles. The second kappa shape index (κ2) is 5.55. The highest BCUT2D eigenvalue weighted by Crippen LogP contribution is 2.20. The smallest absolute Gasteiger partial charge is 0.315 e. The minimum atomic E-state index is -4.23. The van der Waals surface area contributed by atoms with E-state index >= 15 is 0 Å². The zero-order chi connectivity index (χ0) is 14.1. The maximum Gasteiger partial charge on any atom is 0.401 e. The summed E-state index contributed by atoms with van der Waals surface area (Å²) in [6, 6.07) is 0. The largest absolute Gasteiger partial charge is 0.401 e. The van der Waals surface area contributed by atoms with Gasteiger partial charge in [-0.3, -0.25) is 4.90 Å². The van der Waals surface area contributed by atoms with Crippen molar-refractivity contribution in [1.29, 1.82) is 0 Å². The number of sulfonamides is 1. The summed E-state index contributed by atoms with van der Waals surface area (Å²) in [7, 11) is -3.37. The number of nitrogens with one attached hydrogen (secondary N) is 1. The molecular formula is C10H18F3N3O2S. The number of alkyl halides is 3. The Labute approximate surface area is 110 Å². The summed E-state index contributed by atoms with van der Waals surface area (Å²) in [5, 5.41) is 2.56. The molecule has 9 heteroatoms. The van der Waals surface area contributed by atoms with E-state index in [1.807, 2.05) is 0 Å². The van der Waals surface area contributed by atoms with Gasteiger partial charge in [0.15, 0.2) is 0 Å². The highest BCUT2D eigenvalue weighted by molar-refractivity contribution is 7.89. The Morgan fingerprint density at radius 2 is 1.79 bits per heavy atom. The summed E-state index contributed by atoms with van der Waals surface area (Å²) in [6.45, 7) is 0.719. The van der Waals surface area contributed by atoms with E-state index in [-0.39, 0.29) is 26.2 Å². The molecule has 0 spiro atoms. The zero-order valence-corrected chi connectivity index (χ0v) is 11.3. The normalized spacial score (nSPS) is 27.8. The molecule has 19 heavy (non-hydrogen) atoms. The number of hydrogen-bond acceptors (Lipinski definition) is 4. The first-order valence-corrected chi connectivity index (χ1v) is 7.78. The maximum atomic E-state index is 12.2. The van der Waals surface area contributed by atoms with Gasteiger partial charge in [-0.05, 0) is 13.0 Å². The van der Waals surface area contributed by atoms with Crippen LogP contribution < -0.4 is 5.32 Å². The van der Waals surface area contributed by atoms with E-state index < -0.39 is 28.0 Å². The molecule has 1 N–H and O–H groups in total. The van der Waals surface area contributed by atoms with Crippen molar-refractivity contribution >= 4 is 10.0 Å². The fourth-order valence-corrected chi connectivity index (χ4v) is 4.33. The molecule has 0 aromatic heterocycles. The number of halogens is 3. The Kier molecular flexibility index (Phi) is 4.38. The second-order valence-corrected chi connectivity index (χ2v) is 7.16. The van der Waals surface area contributed by atoms with E-state index in [4.69, 9.17) is 0 Å². The van der Waals surface area contributed by atoms with Crippen molar-refractivity contribution < 1.29 is 21.6 Å². The van der Waals surface area contributed by atoms with Gasteiger partial charge in [0, 0.05) is 32.7 Å². The molecule has 0 radical (unpaired) electrons. The molecule has 0 aliphatic carbocycles. The van der Waals surface area contributed by atoms with Crippen LogP contribution in [0.3, 0.4) is 0 Å². The van der Waals surface area contributed by atoms with E-state index in [0.29, 0.717) is 19.5 Å². The molecule has 5 nitrogen and oxygen atoms in total. The van der Waals surface area contributed by atoms with Crippen molar-refractivity contribution in [1.82, 2.24) is 14.5 Å². The third-order valence-corrected chi connectivity index (χ3v) is 5.86. The van der Waals surface area contributed by atoms with Gasteiger partial charge in [-0.1, -0.05) is 0 Å². The number of nitrogens with zero attached hydrogens (tertiary/aromatic N) is 2. The first-order valence-electron chi connectivity index (χ1n) is 6.28. The van der Waals surface area contributed by atoms with Crippen LogP contribution in [-0.2, 0) is 10.0 Å². The summed E-state index contributed by atoms with van der Waals surface area (Å²) < 4.78 is 62.5. The van der Waals surface area contributed by atoms with Gasteiger partial charge in [0.1, 0.15) is 0 Å². The third-order valence-electron chi connectivity index (χ3n) is 3.53. The number of hydrogen-bond donors (Lipinski definition) is 1.